The van der Waals surface area contributed by atoms with Crippen LogP contribution in [0.25, 0.3) is 21.5 Å². The molecule has 2 aromatic heterocycles. The zero-order chi connectivity index (χ0) is 66.3. The number of nitrogens with one attached hydrogen (secondary N) is 5. The maximum Gasteiger partial charge on any atom is 0.490 e. The Morgan fingerprint density at radius 3 is 2.13 bits per heavy atom. The van der Waals surface area contributed by atoms with E-state index in [1.165, 1.54) is 47.2 Å². The van der Waals surface area contributed by atoms with Gasteiger partial charge in [0.2, 0.25) is 5.91 Å². The number of anilines is 1. The van der Waals surface area contributed by atoms with Crippen molar-refractivity contribution in [3.05, 3.63) is 93.2 Å². The van der Waals surface area contributed by atoms with Gasteiger partial charge in [-0.2, -0.15) is 8.62 Å². The molecule has 1 fully saturated rings. The molecule has 16 N–H and O–H groups in total. The summed E-state index contributed by atoms with van der Waals surface area (Å²) in [6.07, 6.45) is -4.49. The molecule has 3 heterocycles. The van der Waals surface area contributed by atoms with Gasteiger partial charge in [0.25, 0.3) is 17.7 Å². The highest BCUT2D eigenvalue weighted by atomic mass is 31.3. The normalized spacial score (nSPS) is 16.9. The minimum absolute atomic E-state index is 0.0121. The number of carbonyl (C=O) groups excluding carboxylic acids is 4. The third-order valence-electron chi connectivity index (χ3n) is 12.0. The largest absolute Gasteiger partial charge is 0.491 e. The van der Waals surface area contributed by atoms with Crippen molar-refractivity contribution in [1.29, 1.82) is 0 Å². The van der Waals surface area contributed by atoms with Crippen LogP contribution in [0, 0.1) is 11.8 Å². The summed E-state index contributed by atoms with van der Waals surface area (Å²) in [5.74, 6) is -2.81. The zero-order valence-electron chi connectivity index (χ0n) is 46.5. The van der Waals surface area contributed by atoms with Crippen LogP contribution in [0.3, 0.4) is 0 Å². The molecule has 0 spiro atoms. The number of carboxylic acids is 4. The number of amides is 4. The molecule has 0 radical (unpaired) electrons. The van der Waals surface area contributed by atoms with Gasteiger partial charge in [0.05, 0.1) is 43.4 Å². The van der Waals surface area contributed by atoms with Crippen molar-refractivity contribution in [2.45, 2.75) is 75.4 Å². The third kappa shape index (κ3) is 24.1. The topological polar surface area (TPSA) is 600 Å². The number of aliphatic hydroxyl groups excluding tert-OH is 1. The second kappa shape index (κ2) is 33.9. The number of nitrogens with two attached hydrogens (primary N) is 1. The number of hydrogen-bond acceptors (Lipinski definition) is 24. The monoisotopic (exact) mass is 1330 g/mol. The lowest BCUT2D eigenvalue weighted by Gasteiger charge is -2.19. The first-order valence-electron chi connectivity index (χ1n) is 26.0. The van der Waals surface area contributed by atoms with Crippen LogP contribution < -0.4 is 37.1 Å². The molecule has 4 aromatic rings. The molecule has 42 heteroatoms. The Hall–Kier alpha value is -8.50. The number of hydrogen-bond donors (Lipinski definition) is 15. The molecule has 488 valence electrons. The fraction of sp³-hybridized carbons (Fsp3) is 0.417. The van der Waals surface area contributed by atoms with E-state index in [9.17, 15) is 77.2 Å². The molecule has 5 rings (SSSR count). The second-order valence-electron chi connectivity index (χ2n) is 18.7. The molecule has 0 bridgehead atoms. The Labute approximate surface area is 506 Å². The Kier molecular flexibility index (Phi) is 27.2. The molecule has 90 heavy (non-hydrogen) atoms. The summed E-state index contributed by atoms with van der Waals surface area (Å²) >= 11 is 0. The third-order valence-corrected chi connectivity index (χ3v) is 15.8. The number of azide groups is 1. The van der Waals surface area contributed by atoms with Gasteiger partial charge in [0, 0.05) is 66.7 Å². The lowest BCUT2D eigenvalue weighted by molar-refractivity contribution is -0.142. The van der Waals surface area contributed by atoms with Gasteiger partial charge in [-0.15, -0.1) is 0 Å². The Morgan fingerprint density at radius 2 is 1.49 bits per heavy atom. The fourth-order valence-corrected chi connectivity index (χ4v) is 11.0. The Morgan fingerprint density at radius 1 is 0.833 bits per heavy atom. The molecule has 2 aromatic carbocycles. The molecular weight excluding hydrogens is 1270 g/mol. The highest BCUT2D eigenvalue weighted by molar-refractivity contribution is 7.66. The van der Waals surface area contributed by atoms with Crippen molar-refractivity contribution in [3.63, 3.8) is 0 Å². The first-order chi connectivity index (χ1) is 42.4. The van der Waals surface area contributed by atoms with Crippen LogP contribution in [0.5, 0.6) is 5.75 Å². The second-order valence-corrected chi connectivity index (χ2v) is 23.1. The van der Waals surface area contributed by atoms with E-state index < -0.39 is 140 Å². The molecule has 3 unspecified atom stereocenters. The average molecular weight is 1330 g/mol. The lowest BCUT2D eigenvalue weighted by Crippen LogP contribution is -2.41. The number of carboxylic acid groups (broad SMARTS) is 4. The van der Waals surface area contributed by atoms with Crippen molar-refractivity contribution in [1.82, 2.24) is 41.1 Å². The molecule has 0 aliphatic carbocycles. The van der Waals surface area contributed by atoms with Gasteiger partial charge >= 0.3 is 47.3 Å². The molecular formula is C48H59N12O27P3. The van der Waals surface area contributed by atoms with E-state index in [-0.39, 0.29) is 109 Å². The SMILES string of the molecule is [N-]=[N+]=NC(COc1cccc(C(=O)NCCNC(=O)c2cc(CN[C@@H](CCC(=O)O)C(=O)O)cc(C(=O)N[C@@H](CCC(=O)O)C(=O)O)c2)c1)OCCOCC(=O)NCC#Cc1cn([C@H]2C[C@H](O)[C@@H](COP(=O)(O)OP(=O)(O)OP(=O)(O)O)O2)c2ncnc(N)c12. The maximum atomic E-state index is 13.4. The zero-order valence-corrected chi connectivity index (χ0v) is 49.2. The maximum absolute atomic E-state index is 13.4. The predicted octanol–water partition coefficient (Wildman–Crippen LogP) is -0.163. The number of benzene rings is 2. The molecule has 39 nitrogen and oxygen atoms in total. The van der Waals surface area contributed by atoms with Gasteiger partial charge in [-0.05, 0) is 60.3 Å². The first kappa shape index (κ1) is 72.2. The quantitative estimate of drug-likeness (QED) is 0.00696. The average Bonchev–Trinajstić information content (AvgIpc) is 1.63. The van der Waals surface area contributed by atoms with E-state index in [0.717, 1.165) is 12.4 Å². The summed E-state index contributed by atoms with van der Waals surface area (Å²) in [6.45, 7) is -2.91. The molecule has 1 aliphatic rings. The van der Waals surface area contributed by atoms with E-state index in [1.807, 2.05) is 0 Å². The number of nitrogen functional groups attached to an aromatic ring is 1. The Balaban J connectivity index is 1.06. The number of aliphatic carboxylic acids is 4. The fourth-order valence-electron chi connectivity index (χ4n) is 7.94. The summed E-state index contributed by atoms with van der Waals surface area (Å²) in [7, 11) is -17.0. The van der Waals surface area contributed by atoms with Crippen LogP contribution in [0.1, 0.15) is 80.5 Å². The van der Waals surface area contributed by atoms with Gasteiger partial charge in [0.1, 0.15) is 61.2 Å². The number of carbonyl (C=O) groups is 8. The van der Waals surface area contributed by atoms with Gasteiger partial charge in [0.15, 0.2) is 6.23 Å². The molecule has 0 saturated carbocycles. The number of phosphoric acid groups is 3. The number of fused-ring (bicyclic) bond motifs is 1. The summed E-state index contributed by atoms with van der Waals surface area (Å²) in [4.78, 5) is 145. The Bertz CT molecular complexity index is 3550. The van der Waals surface area contributed by atoms with Gasteiger partial charge in [-0.25, -0.2) is 28.5 Å². The van der Waals surface area contributed by atoms with E-state index in [1.54, 1.807) is 0 Å². The summed E-state index contributed by atoms with van der Waals surface area (Å²) in [5, 5.41) is 64.1. The molecule has 1 saturated heterocycles. The minimum atomic E-state index is -5.80. The molecule has 1 aliphatic heterocycles. The van der Waals surface area contributed by atoms with E-state index in [0.29, 0.717) is 0 Å². The standard InChI is InChI=1S/C48H59N12O27P3/c49-42-41-28(21-60(43(41)56-25-55-42)38-19-34(61)35(85-38)22-84-89(77,78)87-90(79,80)86-88(74,75)76)4-2-10-51-36(62)23-81-13-14-82-37(58-59-50)24-83-31-5-1-3-27(18-31)44(67)52-11-12-53-45(68)29-15-26(20-54-32(47(70)71)6-8-39(63)64)16-30(17-29)46(69)57-33(48(72)73)7-9-40(65)66/h1,3,5,15-18,21,25,32-35,37-38,54,61H,6-14,19-20,22-24H2,(H,51,62)(H,52,67)(H,53,68)(H,57,69)(H,63,64)(H,65,66)(H,70,71)(H,72,73)(H,77,78)(H,79,80)(H2,49,55,56)(H2,74,75,76)/t32-,33-,34-,35+,37?,38+/m0/s1. The predicted molar refractivity (Wildman–Crippen MR) is 300 cm³/mol. The summed E-state index contributed by atoms with van der Waals surface area (Å²) < 4.78 is 70.5. The molecule has 8 atom stereocenters. The van der Waals surface area contributed by atoms with Crippen LogP contribution in [0.2, 0.25) is 0 Å². The number of aromatic nitrogens is 3. The van der Waals surface area contributed by atoms with Crippen molar-refractivity contribution >= 4 is 87.8 Å². The highest BCUT2D eigenvalue weighted by Gasteiger charge is 2.43. The van der Waals surface area contributed by atoms with Crippen LogP contribution in [-0.2, 0) is 71.6 Å². The summed E-state index contributed by atoms with van der Waals surface area (Å²) in [5.41, 5.74) is 15.5. The number of aliphatic hydroxyl groups is 1. The highest BCUT2D eigenvalue weighted by Crippen LogP contribution is 2.66. The van der Waals surface area contributed by atoms with E-state index >= 15 is 0 Å². The van der Waals surface area contributed by atoms with E-state index in [2.05, 4.69) is 71.6 Å². The molecule has 4 amide bonds. The van der Waals surface area contributed by atoms with Crippen LogP contribution in [0.4, 0.5) is 5.82 Å². The first-order valence-corrected chi connectivity index (χ1v) is 30.5. The van der Waals surface area contributed by atoms with Crippen molar-refractivity contribution in [2.24, 2.45) is 5.11 Å². The lowest BCUT2D eigenvalue weighted by atomic mass is 10.0. The van der Waals surface area contributed by atoms with Gasteiger partial charge < -0.3 is 101 Å². The summed E-state index contributed by atoms with van der Waals surface area (Å²) in [6, 6.07) is 6.39. The van der Waals surface area contributed by atoms with Gasteiger partial charge in [-0.1, -0.05) is 23.0 Å². The van der Waals surface area contributed by atoms with E-state index in [4.69, 9.17) is 50.2 Å². The van der Waals surface area contributed by atoms with Crippen molar-refractivity contribution in [3.8, 4) is 17.6 Å². The van der Waals surface area contributed by atoms with Gasteiger partial charge in [-0.3, -0.25) is 38.1 Å². The van der Waals surface area contributed by atoms with Crippen molar-refractivity contribution < 1.29 is 129 Å². The smallest absolute Gasteiger partial charge is 0.490 e. The number of nitrogens with zero attached hydrogens (tertiary/aromatic N) is 6. The number of ether oxygens (including phenoxy) is 4. The van der Waals surface area contributed by atoms with Crippen molar-refractivity contribution in [2.75, 3.05) is 58.4 Å². The van der Waals surface area contributed by atoms with Crippen LogP contribution in [-0.4, -0.2) is 190 Å². The number of rotatable bonds is 37. The van der Waals surface area contributed by atoms with Crippen LogP contribution >= 0.6 is 23.5 Å². The number of phosphoric ester groups is 1. The minimum Gasteiger partial charge on any atom is -0.491 e. The van der Waals surface area contributed by atoms with Crippen LogP contribution in [0.15, 0.2) is 60.1 Å².